The van der Waals surface area contributed by atoms with E-state index in [0.717, 1.165) is 12.1 Å². The van der Waals surface area contributed by atoms with Crippen molar-refractivity contribution < 1.29 is 18.4 Å². The van der Waals surface area contributed by atoms with Gasteiger partial charge in [-0.1, -0.05) is 11.6 Å². The van der Waals surface area contributed by atoms with Crippen LogP contribution in [0.5, 0.6) is 0 Å². The number of pyridine rings is 1. The van der Waals surface area contributed by atoms with Gasteiger partial charge in [-0.25, -0.2) is 13.8 Å². The van der Waals surface area contributed by atoms with Crippen molar-refractivity contribution in [2.24, 2.45) is 5.73 Å². The molecule has 0 radical (unpaired) electrons. The molecule has 3 N–H and O–H groups in total. The van der Waals surface area contributed by atoms with Crippen molar-refractivity contribution in [3.8, 4) is 6.07 Å². The smallest absolute Gasteiger partial charge is 0.242 e. The second-order valence-corrected chi connectivity index (χ2v) is 7.79. The van der Waals surface area contributed by atoms with Crippen LogP contribution in [0.15, 0.2) is 48.8 Å². The molecule has 1 aliphatic heterocycles. The number of carbonyl (C=O) groups excluding carboxylic acids is 1. The zero-order valence-corrected chi connectivity index (χ0v) is 17.9. The average Bonchev–Trinajstić information content (AvgIpc) is 3.45. The third kappa shape index (κ3) is 4.28. The Kier molecular flexibility index (Phi) is 6.09. The van der Waals surface area contributed by atoms with Crippen LogP contribution in [0.4, 0.5) is 8.78 Å². The molecule has 2 aromatic heterocycles. The fourth-order valence-electron chi connectivity index (χ4n) is 3.77. The summed E-state index contributed by atoms with van der Waals surface area (Å²) in [5.74, 6) is -2.83. The lowest BCUT2D eigenvalue weighted by atomic mass is 9.90. The second-order valence-electron chi connectivity index (χ2n) is 7.38. The minimum atomic E-state index is -1.04. The standard InChI is InChI=1S/C22H17ClF2N6O2/c1-11(21(12-9-28-29-10-12)17-5-4-15(23)18(8-26)30-17)31-19(22(27)32)7-20(33-31)14-3-2-13(24)6-16(14)25/h2-7,9-11,19,21H,1H3,(H2,27,32)(H,28,29). The topological polar surface area (TPSA) is 121 Å². The Morgan fingerprint density at radius 1 is 1.36 bits per heavy atom. The maximum Gasteiger partial charge on any atom is 0.242 e. The van der Waals surface area contributed by atoms with Gasteiger partial charge in [0.25, 0.3) is 0 Å². The van der Waals surface area contributed by atoms with Crippen LogP contribution in [0.25, 0.3) is 5.76 Å². The first-order valence-electron chi connectivity index (χ1n) is 9.78. The van der Waals surface area contributed by atoms with Crippen LogP contribution < -0.4 is 5.73 Å². The van der Waals surface area contributed by atoms with Gasteiger partial charge in [0.2, 0.25) is 5.91 Å². The first kappa shape index (κ1) is 22.4. The molecular formula is C22H17ClF2N6O2. The van der Waals surface area contributed by atoms with E-state index in [1.54, 1.807) is 31.5 Å². The summed E-state index contributed by atoms with van der Waals surface area (Å²) in [6.45, 7) is 1.76. The molecule has 3 atom stereocenters. The molecule has 33 heavy (non-hydrogen) atoms. The summed E-state index contributed by atoms with van der Waals surface area (Å²) in [4.78, 5) is 22.5. The van der Waals surface area contributed by atoms with E-state index in [4.69, 9.17) is 22.2 Å². The monoisotopic (exact) mass is 470 g/mol. The molecule has 4 rings (SSSR count). The molecule has 1 aliphatic rings. The Balaban J connectivity index is 1.74. The number of primary amides is 1. The molecule has 0 aliphatic carbocycles. The van der Waals surface area contributed by atoms with Crippen LogP contribution in [-0.2, 0) is 9.63 Å². The van der Waals surface area contributed by atoms with Crippen molar-refractivity contribution in [1.29, 1.82) is 5.26 Å². The molecule has 0 spiro atoms. The molecule has 11 heteroatoms. The molecule has 3 aromatic rings. The zero-order chi connectivity index (χ0) is 23.7. The van der Waals surface area contributed by atoms with E-state index in [1.807, 2.05) is 6.07 Å². The number of amides is 1. The Hall–Kier alpha value is -3.81. The number of aromatic nitrogens is 3. The second kappa shape index (κ2) is 8.97. The van der Waals surface area contributed by atoms with Crippen LogP contribution in [0, 0.1) is 23.0 Å². The maximum atomic E-state index is 14.4. The molecule has 0 saturated carbocycles. The first-order chi connectivity index (χ1) is 15.8. The lowest BCUT2D eigenvalue weighted by Crippen LogP contribution is -2.47. The molecule has 168 valence electrons. The van der Waals surface area contributed by atoms with Crippen LogP contribution in [0.3, 0.4) is 0 Å². The zero-order valence-electron chi connectivity index (χ0n) is 17.2. The van der Waals surface area contributed by atoms with Crippen molar-refractivity contribution in [3.63, 3.8) is 0 Å². The highest BCUT2D eigenvalue weighted by Gasteiger charge is 2.40. The number of hydroxylamine groups is 2. The van der Waals surface area contributed by atoms with Gasteiger partial charge in [0.15, 0.2) is 11.5 Å². The van der Waals surface area contributed by atoms with E-state index in [1.165, 1.54) is 17.2 Å². The molecule has 0 bridgehead atoms. The summed E-state index contributed by atoms with van der Waals surface area (Å²) in [6.07, 6.45) is 4.59. The Morgan fingerprint density at radius 3 is 2.79 bits per heavy atom. The van der Waals surface area contributed by atoms with Crippen LogP contribution in [-0.4, -0.2) is 38.2 Å². The Morgan fingerprint density at radius 2 is 2.15 bits per heavy atom. The van der Waals surface area contributed by atoms with Gasteiger partial charge in [-0.3, -0.25) is 9.89 Å². The van der Waals surface area contributed by atoms with E-state index >= 15 is 0 Å². The Labute approximate surface area is 192 Å². The molecule has 0 fully saturated rings. The fraction of sp³-hybridized carbons (Fsp3) is 0.182. The molecule has 8 nitrogen and oxygen atoms in total. The minimum absolute atomic E-state index is 0.0198. The van der Waals surface area contributed by atoms with Gasteiger partial charge in [0.05, 0.1) is 28.5 Å². The van der Waals surface area contributed by atoms with Gasteiger partial charge in [-0.15, -0.1) is 5.06 Å². The predicted octanol–water partition coefficient (Wildman–Crippen LogP) is 3.27. The number of nitrogens with zero attached hydrogens (tertiary/aromatic N) is 4. The predicted molar refractivity (Wildman–Crippen MR) is 114 cm³/mol. The highest BCUT2D eigenvalue weighted by Crippen LogP contribution is 2.37. The number of nitrogens with two attached hydrogens (primary N) is 1. The average molecular weight is 471 g/mol. The lowest BCUT2D eigenvalue weighted by molar-refractivity contribution is -0.149. The molecule has 0 saturated heterocycles. The highest BCUT2D eigenvalue weighted by atomic mass is 35.5. The van der Waals surface area contributed by atoms with Crippen molar-refractivity contribution in [2.45, 2.75) is 24.9 Å². The van der Waals surface area contributed by atoms with E-state index in [-0.39, 0.29) is 22.0 Å². The first-order valence-corrected chi connectivity index (χ1v) is 10.2. The molecular weight excluding hydrogens is 454 g/mol. The highest BCUT2D eigenvalue weighted by molar-refractivity contribution is 6.31. The number of nitrogens with one attached hydrogen (secondary N) is 1. The third-order valence-electron chi connectivity index (χ3n) is 5.33. The number of benzene rings is 1. The number of nitriles is 1. The van der Waals surface area contributed by atoms with Crippen molar-refractivity contribution in [1.82, 2.24) is 20.2 Å². The summed E-state index contributed by atoms with van der Waals surface area (Å²) in [5, 5.41) is 17.6. The molecule has 1 amide bonds. The van der Waals surface area contributed by atoms with Crippen LogP contribution in [0.2, 0.25) is 5.02 Å². The Bertz CT molecular complexity index is 1270. The largest absolute Gasteiger partial charge is 0.404 e. The van der Waals surface area contributed by atoms with Crippen LogP contribution in [0.1, 0.15) is 35.4 Å². The number of carbonyl (C=O) groups is 1. The van der Waals surface area contributed by atoms with Crippen LogP contribution >= 0.6 is 11.6 Å². The van der Waals surface area contributed by atoms with Gasteiger partial charge in [0, 0.05) is 23.7 Å². The van der Waals surface area contributed by atoms with Gasteiger partial charge in [-0.2, -0.15) is 10.4 Å². The quantitative estimate of drug-likeness (QED) is 0.570. The number of hydrogen-bond acceptors (Lipinski definition) is 6. The fourth-order valence-corrected chi connectivity index (χ4v) is 3.92. The summed E-state index contributed by atoms with van der Waals surface area (Å²) >= 11 is 6.04. The summed E-state index contributed by atoms with van der Waals surface area (Å²) in [5.41, 5.74) is 6.78. The van der Waals surface area contributed by atoms with E-state index < -0.39 is 35.5 Å². The minimum Gasteiger partial charge on any atom is -0.404 e. The van der Waals surface area contributed by atoms with E-state index in [0.29, 0.717) is 11.3 Å². The summed E-state index contributed by atoms with van der Waals surface area (Å²) in [7, 11) is 0. The van der Waals surface area contributed by atoms with Gasteiger partial charge >= 0.3 is 0 Å². The number of rotatable bonds is 6. The summed E-state index contributed by atoms with van der Waals surface area (Å²) < 4.78 is 27.7. The number of aromatic amines is 1. The van der Waals surface area contributed by atoms with Gasteiger partial charge in [-0.05, 0) is 37.3 Å². The SMILES string of the molecule is CC(C(c1cn[nH]c1)c1ccc(Cl)c(C#N)n1)N1OC(c2ccc(F)cc2F)=CC1C(N)=O. The van der Waals surface area contributed by atoms with E-state index in [9.17, 15) is 18.8 Å². The molecule has 3 unspecified atom stereocenters. The maximum absolute atomic E-state index is 14.4. The summed E-state index contributed by atoms with van der Waals surface area (Å²) in [6, 6.07) is 6.53. The lowest BCUT2D eigenvalue weighted by Gasteiger charge is -2.33. The van der Waals surface area contributed by atoms with Crippen molar-refractivity contribution >= 4 is 23.3 Å². The van der Waals surface area contributed by atoms with Gasteiger partial charge in [0.1, 0.15) is 23.7 Å². The van der Waals surface area contributed by atoms with E-state index in [2.05, 4.69) is 15.2 Å². The molecule has 1 aromatic carbocycles. The number of hydrogen-bond donors (Lipinski definition) is 2. The third-order valence-corrected chi connectivity index (χ3v) is 5.63. The van der Waals surface area contributed by atoms with Crippen molar-refractivity contribution in [2.75, 3.05) is 0 Å². The molecule has 3 heterocycles. The normalized spacial score (nSPS) is 17.7. The number of halogens is 3. The number of H-pyrrole nitrogens is 1. The van der Waals surface area contributed by atoms with Gasteiger partial charge < -0.3 is 10.6 Å². The van der Waals surface area contributed by atoms with Crippen molar-refractivity contribution in [3.05, 3.63) is 88.0 Å².